The summed E-state index contributed by atoms with van der Waals surface area (Å²) in [5, 5.41) is 13.8. The van der Waals surface area contributed by atoms with Crippen LogP contribution >= 0.6 is 0 Å². The largest absolute Gasteiger partial charge is 0.361 e. The van der Waals surface area contributed by atoms with Crippen LogP contribution in [0.2, 0.25) is 0 Å². The average molecular weight is 556 g/mol. The number of aryl methyl sites for hydroxylation is 1. The molecule has 0 fully saturated rings. The highest BCUT2D eigenvalue weighted by Gasteiger charge is 2.27. The summed E-state index contributed by atoms with van der Waals surface area (Å²) in [6.07, 6.45) is -0.355. The summed E-state index contributed by atoms with van der Waals surface area (Å²) in [5.74, 6) is -3.54. The first-order chi connectivity index (χ1) is 18.8. The number of carbonyl (C=O) groups is 4. The van der Waals surface area contributed by atoms with E-state index >= 15 is 0 Å². The zero-order chi connectivity index (χ0) is 29.4. The van der Waals surface area contributed by atoms with E-state index in [-0.39, 0.29) is 36.3 Å². The number of aromatic nitrogens is 1. The molecule has 4 N–H and O–H groups in total. The number of hydrogen-bond acceptors (Lipinski definition) is 6. The smallest absolute Gasteiger partial charge is 0.274 e. The Morgan fingerprint density at radius 3 is 2.27 bits per heavy atom. The molecule has 1 heterocycles. The lowest BCUT2D eigenvalue weighted by molar-refractivity contribution is -0.128. The Bertz CT molecular complexity index is 1400. The van der Waals surface area contributed by atoms with E-state index < -0.39 is 46.8 Å². The average Bonchev–Trinajstić information content (AvgIpc) is 3.32. The molecule has 0 unspecified atom stereocenters. The van der Waals surface area contributed by atoms with Crippen LogP contribution in [0.25, 0.3) is 11.1 Å². The van der Waals surface area contributed by atoms with Gasteiger partial charge in [0.2, 0.25) is 11.8 Å². The van der Waals surface area contributed by atoms with Crippen molar-refractivity contribution in [2.45, 2.75) is 45.7 Å². The summed E-state index contributed by atoms with van der Waals surface area (Å²) in [6, 6.07) is 9.74. The quantitative estimate of drug-likeness (QED) is 0.284. The molecule has 12 heteroatoms. The zero-order valence-electron chi connectivity index (χ0n) is 22.6. The molecule has 2 aromatic carbocycles. The molecule has 212 valence electrons. The lowest BCUT2D eigenvalue weighted by atomic mass is 10.0. The highest BCUT2D eigenvalue weighted by Crippen LogP contribution is 2.24. The molecule has 0 aliphatic carbocycles. The summed E-state index contributed by atoms with van der Waals surface area (Å²) in [7, 11) is 0. The fourth-order valence-electron chi connectivity index (χ4n) is 3.71. The molecular formula is C28H31F2N5O5. The lowest BCUT2D eigenvalue weighted by Crippen LogP contribution is -2.51. The molecule has 0 aliphatic rings. The van der Waals surface area contributed by atoms with Gasteiger partial charge < -0.3 is 25.8 Å². The third kappa shape index (κ3) is 8.45. The third-order valence-corrected chi connectivity index (χ3v) is 5.49. The minimum atomic E-state index is -1.25. The van der Waals surface area contributed by atoms with E-state index in [2.05, 4.69) is 26.4 Å². The van der Waals surface area contributed by atoms with E-state index in [1.165, 1.54) is 36.4 Å². The summed E-state index contributed by atoms with van der Waals surface area (Å²) in [6.45, 7) is 6.73. The number of carbonyl (C=O) groups excluding carboxylic acids is 4. The number of halogens is 2. The Hall–Kier alpha value is -4.61. The zero-order valence-corrected chi connectivity index (χ0v) is 22.6. The monoisotopic (exact) mass is 555 g/mol. The molecule has 40 heavy (non-hydrogen) atoms. The lowest BCUT2D eigenvalue weighted by Gasteiger charge is -2.23. The number of hydrogen-bond donors (Lipinski definition) is 4. The SMILES string of the molecule is Cc1cc(C(=O)N[C@@H](CC(=O)NC(C)(C)C)C(=O)NCCNC(=O)c2cc(-c3ccccc3F)ccc2F)no1. The van der Waals surface area contributed by atoms with E-state index in [9.17, 15) is 28.0 Å². The maximum atomic E-state index is 14.4. The van der Waals surface area contributed by atoms with Crippen molar-refractivity contribution in [3.8, 4) is 11.1 Å². The Balaban J connectivity index is 1.61. The number of nitrogens with one attached hydrogen (secondary N) is 4. The molecule has 10 nitrogen and oxygen atoms in total. The normalized spacial score (nSPS) is 11.8. The highest BCUT2D eigenvalue weighted by molar-refractivity contribution is 5.98. The Labute approximate surface area is 229 Å². The predicted molar refractivity (Wildman–Crippen MR) is 142 cm³/mol. The molecular weight excluding hydrogens is 524 g/mol. The standard InChI is InChI=1S/C28H31F2N5O5/c1-16-13-23(35-40-16)27(39)33-22(15-24(36)34-28(2,3)4)26(38)32-12-11-31-25(37)19-14-17(9-10-21(19)30)18-7-5-6-8-20(18)29/h5-10,13-14,22H,11-12,15H2,1-4H3,(H,31,37)(H,32,38)(H,33,39)(H,34,36)/t22-/m0/s1. The molecule has 3 aromatic rings. The van der Waals surface area contributed by atoms with Crippen molar-refractivity contribution in [2.24, 2.45) is 0 Å². The van der Waals surface area contributed by atoms with Crippen LogP contribution in [0.3, 0.4) is 0 Å². The van der Waals surface area contributed by atoms with Crippen LogP contribution in [0.15, 0.2) is 53.1 Å². The van der Waals surface area contributed by atoms with Crippen molar-refractivity contribution >= 4 is 23.6 Å². The Kier molecular flexibility index (Phi) is 9.70. The first-order valence-electron chi connectivity index (χ1n) is 12.5. The first-order valence-corrected chi connectivity index (χ1v) is 12.5. The fourth-order valence-corrected chi connectivity index (χ4v) is 3.71. The summed E-state index contributed by atoms with van der Waals surface area (Å²) in [5.41, 5.74) is -0.368. The van der Waals surface area contributed by atoms with Crippen LogP contribution in [-0.4, -0.2) is 53.5 Å². The van der Waals surface area contributed by atoms with Crippen molar-refractivity contribution < 1.29 is 32.5 Å². The van der Waals surface area contributed by atoms with Crippen LogP contribution < -0.4 is 21.3 Å². The maximum Gasteiger partial charge on any atom is 0.274 e. The van der Waals surface area contributed by atoms with Gasteiger partial charge in [0.25, 0.3) is 11.8 Å². The molecule has 0 bridgehead atoms. The number of amides is 4. The van der Waals surface area contributed by atoms with Crippen molar-refractivity contribution in [1.82, 2.24) is 26.4 Å². The molecule has 3 rings (SSSR count). The van der Waals surface area contributed by atoms with E-state index in [0.29, 0.717) is 11.3 Å². The molecule has 1 aromatic heterocycles. The minimum Gasteiger partial charge on any atom is -0.361 e. The van der Waals surface area contributed by atoms with Gasteiger partial charge in [-0.3, -0.25) is 19.2 Å². The van der Waals surface area contributed by atoms with Gasteiger partial charge in [-0.05, 0) is 51.5 Å². The van der Waals surface area contributed by atoms with E-state index in [0.717, 1.165) is 6.07 Å². The van der Waals surface area contributed by atoms with Gasteiger partial charge in [0.15, 0.2) is 5.69 Å². The van der Waals surface area contributed by atoms with Gasteiger partial charge in [-0.1, -0.05) is 29.4 Å². The van der Waals surface area contributed by atoms with Crippen LogP contribution in [0, 0.1) is 18.6 Å². The first kappa shape index (κ1) is 29.9. The van der Waals surface area contributed by atoms with Gasteiger partial charge in [-0.25, -0.2) is 8.78 Å². The van der Waals surface area contributed by atoms with Gasteiger partial charge in [-0.15, -0.1) is 0 Å². The Morgan fingerprint density at radius 2 is 1.62 bits per heavy atom. The minimum absolute atomic E-state index is 0.0570. The number of nitrogens with zero attached hydrogens (tertiary/aromatic N) is 1. The van der Waals surface area contributed by atoms with E-state index in [4.69, 9.17) is 4.52 Å². The molecule has 1 atom stereocenters. The Morgan fingerprint density at radius 1 is 0.925 bits per heavy atom. The van der Waals surface area contributed by atoms with Crippen LogP contribution in [-0.2, 0) is 9.59 Å². The second-order valence-corrected chi connectivity index (χ2v) is 10.1. The maximum absolute atomic E-state index is 14.4. The third-order valence-electron chi connectivity index (χ3n) is 5.49. The molecule has 0 aliphatic heterocycles. The predicted octanol–water partition coefficient (Wildman–Crippen LogP) is 2.88. The van der Waals surface area contributed by atoms with Crippen LogP contribution in [0.1, 0.15) is 53.8 Å². The van der Waals surface area contributed by atoms with Crippen molar-refractivity contribution in [2.75, 3.05) is 13.1 Å². The fraction of sp³-hybridized carbons (Fsp3) is 0.321. The molecule has 0 spiro atoms. The van der Waals surface area contributed by atoms with Crippen LogP contribution in [0.5, 0.6) is 0 Å². The van der Waals surface area contributed by atoms with Gasteiger partial charge in [0, 0.05) is 30.3 Å². The molecule has 4 amide bonds. The number of benzene rings is 2. The molecule has 0 saturated heterocycles. The van der Waals surface area contributed by atoms with Crippen LogP contribution in [0.4, 0.5) is 8.78 Å². The summed E-state index contributed by atoms with van der Waals surface area (Å²) >= 11 is 0. The van der Waals surface area contributed by atoms with Gasteiger partial charge in [-0.2, -0.15) is 0 Å². The molecule has 0 saturated carbocycles. The van der Waals surface area contributed by atoms with Gasteiger partial charge >= 0.3 is 0 Å². The summed E-state index contributed by atoms with van der Waals surface area (Å²) in [4.78, 5) is 50.5. The highest BCUT2D eigenvalue weighted by atomic mass is 19.1. The van der Waals surface area contributed by atoms with Crippen molar-refractivity contribution in [3.63, 3.8) is 0 Å². The summed E-state index contributed by atoms with van der Waals surface area (Å²) < 4.78 is 33.4. The van der Waals surface area contributed by atoms with Crippen molar-refractivity contribution in [1.29, 1.82) is 0 Å². The molecule has 0 radical (unpaired) electrons. The second kappa shape index (κ2) is 13.0. The topological polar surface area (TPSA) is 142 Å². The van der Waals surface area contributed by atoms with Gasteiger partial charge in [0.05, 0.1) is 12.0 Å². The van der Waals surface area contributed by atoms with Crippen molar-refractivity contribution in [3.05, 3.63) is 77.2 Å². The van der Waals surface area contributed by atoms with Gasteiger partial charge in [0.1, 0.15) is 23.4 Å². The van der Waals surface area contributed by atoms with E-state index in [1.54, 1.807) is 33.8 Å². The van der Waals surface area contributed by atoms with E-state index in [1.807, 2.05) is 0 Å². The second-order valence-electron chi connectivity index (χ2n) is 10.1. The number of rotatable bonds is 10.